The number of nitrogens with one attached hydrogen (secondary N) is 1. The molecule has 1 N–H and O–H groups in total. The quantitative estimate of drug-likeness (QED) is 0.829. The Labute approximate surface area is 112 Å². The van der Waals surface area contributed by atoms with Crippen LogP contribution in [0.1, 0.15) is 43.7 Å². The topological polar surface area (TPSA) is 49.4 Å². The summed E-state index contributed by atoms with van der Waals surface area (Å²) in [7, 11) is 0. The summed E-state index contributed by atoms with van der Waals surface area (Å²) in [5.74, 6) is -0.0944. The molecule has 1 aromatic rings. The largest absolute Gasteiger partial charge is 0.325 e. The lowest BCUT2D eigenvalue weighted by molar-refractivity contribution is -0.129. The zero-order valence-electron chi connectivity index (χ0n) is 10.8. The molecule has 0 aromatic heterocycles. The van der Waals surface area contributed by atoms with Gasteiger partial charge in [-0.2, -0.15) is 0 Å². The highest BCUT2D eigenvalue weighted by atomic mass is 16.2. The lowest BCUT2D eigenvalue weighted by atomic mass is 9.94. The number of benzene rings is 1. The molecule has 4 heteroatoms. The number of hydrogen-bond donors (Lipinski definition) is 1. The van der Waals surface area contributed by atoms with E-state index in [4.69, 9.17) is 0 Å². The molecule has 1 aliphatic carbocycles. The molecule has 2 fully saturated rings. The van der Waals surface area contributed by atoms with Crippen LogP contribution in [-0.2, 0) is 4.79 Å². The maximum atomic E-state index is 12.5. The van der Waals surface area contributed by atoms with Crippen LogP contribution in [0, 0.1) is 0 Å². The van der Waals surface area contributed by atoms with Gasteiger partial charge in [0.25, 0.3) is 5.91 Å². The number of nitrogens with zero attached hydrogens (tertiary/aromatic N) is 1. The third kappa shape index (κ3) is 2.23. The van der Waals surface area contributed by atoms with Crippen LogP contribution in [0.15, 0.2) is 30.3 Å². The van der Waals surface area contributed by atoms with Crippen molar-refractivity contribution in [2.75, 3.05) is 0 Å². The normalized spacial score (nSPS) is 24.6. The van der Waals surface area contributed by atoms with Gasteiger partial charge < -0.3 is 5.32 Å². The number of carbonyl (C=O) groups is 2. The summed E-state index contributed by atoms with van der Waals surface area (Å²) >= 11 is 0. The molecule has 0 spiro atoms. The Balaban J connectivity index is 1.81. The van der Waals surface area contributed by atoms with Gasteiger partial charge in [-0.15, -0.1) is 0 Å². The molecule has 0 unspecified atom stereocenters. The molecule has 3 rings (SSSR count). The Hall–Kier alpha value is -1.84. The summed E-state index contributed by atoms with van der Waals surface area (Å²) < 4.78 is 0. The van der Waals surface area contributed by atoms with E-state index in [0.717, 1.165) is 31.2 Å². The van der Waals surface area contributed by atoms with E-state index in [1.807, 2.05) is 30.3 Å². The molecule has 1 aromatic carbocycles. The fourth-order valence-electron chi connectivity index (χ4n) is 3.05. The summed E-state index contributed by atoms with van der Waals surface area (Å²) in [6.07, 6.45) is 5.32. The van der Waals surface area contributed by atoms with E-state index in [0.29, 0.717) is 0 Å². The van der Waals surface area contributed by atoms with Crippen molar-refractivity contribution in [2.45, 2.75) is 44.2 Å². The van der Waals surface area contributed by atoms with Crippen LogP contribution >= 0.6 is 0 Å². The number of urea groups is 1. The Morgan fingerprint density at radius 1 is 1.00 bits per heavy atom. The maximum absolute atomic E-state index is 12.5. The Kier molecular flexibility index (Phi) is 3.23. The molecular weight excluding hydrogens is 240 g/mol. The summed E-state index contributed by atoms with van der Waals surface area (Å²) in [5.41, 5.74) is 0.860. The molecule has 1 atom stereocenters. The highest BCUT2D eigenvalue weighted by Crippen LogP contribution is 2.29. The van der Waals surface area contributed by atoms with E-state index in [1.54, 1.807) is 0 Å². The van der Waals surface area contributed by atoms with E-state index in [9.17, 15) is 9.59 Å². The molecule has 100 valence electrons. The van der Waals surface area contributed by atoms with Crippen molar-refractivity contribution in [2.24, 2.45) is 0 Å². The van der Waals surface area contributed by atoms with Crippen LogP contribution in [0.2, 0.25) is 0 Å². The number of amides is 3. The highest BCUT2D eigenvalue weighted by Gasteiger charge is 2.42. The van der Waals surface area contributed by atoms with Crippen molar-refractivity contribution < 1.29 is 9.59 Å². The third-order valence-corrected chi connectivity index (χ3v) is 4.04. The zero-order valence-corrected chi connectivity index (χ0v) is 10.8. The first-order chi connectivity index (χ1) is 9.27. The van der Waals surface area contributed by atoms with Crippen LogP contribution in [0.4, 0.5) is 4.79 Å². The van der Waals surface area contributed by atoms with Gasteiger partial charge in [0, 0.05) is 6.04 Å². The highest BCUT2D eigenvalue weighted by molar-refractivity contribution is 6.04. The van der Waals surface area contributed by atoms with Crippen LogP contribution < -0.4 is 5.32 Å². The van der Waals surface area contributed by atoms with Crippen molar-refractivity contribution in [1.29, 1.82) is 0 Å². The predicted octanol–water partition coefficient (Wildman–Crippen LogP) is 2.61. The summed E-state index contributed by atoms with van der Waals surface area (Å²) in [6, 6.07) is 8.80. The average Bonchev–Trinajstić information content (AvgIpc) is 2.76. The summed E-state index contributed by atoms with van der Waals surface area (Å²) in [6.45, 7) is 0. The number of rotatable bonds is 2. The first-order valence-electron chi connectivity index (χ1n) is 6.96. The first kappa shape index (κ1) is 12.2. The maximum Gasteiger partial charge on any atom is 0.325 e. The second kappa shape index (κ2) is 5.03. The third-order valence-electron chi connectivity index (χ3n) is 4.04. The molecule has 1 aliphatic heterocycles. The van der Waals surface area contributed by atoms with E-state index in [2.05, 4.69) is 5.32 Å². The zero-order chi connectivity index (χ0) is 13.2. The molecular formula is C15H18N2O2. The minimum Gasteiger partial charge on any atom is -0.322 e. The Morgan fingerprint density at radius 3 is 2.37 bits per heavy atom. The minimum atomic E-state index is -0.504. The van der Waals surface area contributed by atoms with Gasteiger partial charge >= 0.3 is 6.03 Å². The van der Waals surface area contributed by atoms with Gasteiger partial charge in [-0.05, 0) is 18.4 Å². The van der Waals surface area contributed by atoms with Gasteiger partial charge in [-0.3, -0.25) is 9.69 Å². The van der Waals surface area contributed by atoms with Gasteiger partial charge in [0.05, 0.1) is 0 Å². The van der Waals surface area contributed by atoms with Crippen LogP contribution in [-0.4, -0.2) is 22.9 Å². The summed E-state index contributed by atoms with van der Waals surface area (Å²) in [5, 5.41) is 2.80. The van der Waals surface area contributed by atoms with Gasteiger partial charge in [-0.25, -0.2) is 4.79 Å². The second-order valence-electron chi connectivity index (χ2n) is 5.29. The number of hydrogen-bond acceptors (Lipinski definition) is 2. The lowest BCUT2D eigenvalue weighted by Gasteiger charge is -2.28. The predicted molar refractivity (Wildman–Crippen MR) is 71.4 cm³/mol. The fourth-order valence-corrected chi connectivity index (χ4v) is 3.05. The van der Waals surface area contributed by atoms with Crippen LogP contribution in [0.5, 0.6) is 0 Å². The number of imide groups is 1. The molecule has 0 radical (unpaired) electrons. The van der Waals surface area contributed by atoms with Crippen molar-refractivity contribution in [3.05, 3.63) is 35.9 Å². The Morgan fingerprint density at radius 2 is 1.68 bits per heavy atom. The molecule has 4 nitrogen and oxygen atoms in total. The van der Waals surface area contributed by atoms with Crippen LogP contribution in [0.25, 0.3) is 0 Å². The van der Waals surface area contributed by atoms with Gasteiger partial charge in [0.15, 0.2) is 0 Å². The lowest BCUT2D eigenvalue weighted by Crippen LogP contribution is -2.41. The van der Waals surface area contributed by atoms with E-state index in [-0.39, 0.29) is 18.0 Å². The molecule has 19 heavy (non-hydrogen) atoms. The fraction of sp³-hybridized carbons (Fsp3) is 0.467. The molecule has 1 heterocycles. The molecule has 1 saturated carbocycles. The van der Waals surface area contributed by atoms with Gasteiger partial charge in [-0.1, -0.05) is 49.6 Å². The monoisotopic (exact) mass is 258 g/mol. The van der Waals surface area contributed by atoms with E-state index < -0.39 is 6.04 Å². The minimum absolute atomic E-state index is 0.0926. The van der Waals surface area contributed by atoms with Crippen LogP contribution in [0.3, 0.4) is 0 Å². The van der Waals surface area contributed by atoms with Crippen molar-refractivity contribution in [1.82, 2.24) is 10.2 Å². The van der Waals surface area contributed by atoms with Crippen molar-refractivity contribution >= 4 is 11.9 Å². The van der Waals surface area contributed by atoms with Crippen molar-refractivity contribution in [3.63, 3.8) is 0 Å². The average molecular weight is 258 g/mol. The standard InChI is InChI=1S/C15H18N2O2/c18-14-13(11-7-3-1-4-8-11)16-15(19)17(14)12-9-5-2-6-10-12/h1,3-4,7-8,12-13H,2,5-6,9-10H2,(H,16,19)/t13-/m0/s1. The second-order valence-corrected chi connectivity index (χ2v) is 5.29. The molecule has 0 bridgehead atoms. The number of carbonyl (C=O) groups excluding carboxylic acids is 2. The first-order valence-corrected chi connectivity index (χ1v) is 6.96. The van der Waals surface area contributed by atoms with Gasteiger partial charge in [0.1, 0.15) is 6.04 Å². The summed E-state index contributed by atoms with van der Waals surface area (Å²) in [4.78, 5) is 26.0. The Bertz CT molecular complexity index is 480. The molecule has 2 aliphatic rings. The SMILES string of the molecule is O=C1N[C@@H](c2ccccc2)C(=O)N1C1CCCCC1. The van der Waals surface area contributed by atoms with E-state index >= 15 is 0 Å². The van der Waals surface area contributed by atoms with Crippen molar-refractivity contribution in [3.8, 4) is 0 Å². The van der Waals surface area contributed by atoms with E-state index in [1.165, 1.54) is 11.3 Å². The van der Waals surface area contributed by atoms with Gasteiger partial charge in [0.2, 0.25) is 0 Å². The smallest absolute Gasteiger partial charge is 0.322 e. The molecule has 3 amide bonds. The molecule has 1 saturated heterocycles.